The molecule has 1 unspecified atom stereocenters. The standard InChI is InChI=1S/C34H42N2O5/c1-26-3-2-4-32(35-26)39-21-15-28-16-22-41-34(23-28)17-19-36(20-18-34)24-29-5-7-30(8-6-29)25-40-31-12-9-27(10-13-31)11-14-33(37)38/h2-10,12-13,28H,11,14-25H2,1H3,(H,37,38). The second kappa shape index (κ2) is 14.0. The first-order valence-electron chi connectivity index (χ1n) is 14.9. The van der Waals surface area contributed by atoms with E-state index in [9.17, 15) is 4.79 Å². The van der Waals surface area contributed by atoms with E-state index in [0.29, 0.717) is 25.6 Å². The quantitative estimate of drug-likeness (QED) is 0.283. The zero-order valence-corrected chi connectivity index (χ0v) is 24.1. The average molecular weight is 559 g/mol. The molecular weight excluding hydrogens is 516 g/mol. The fourth-order valence-electron chi connectivity index (χ4n) is 5.94. The average Bonchev–Trinajstić information content (AvgIpc) is 2.98. The van der Waals surface area contributed by atoms with E-state index in [2.05, 4.69) is 34.1 Å². The number of aromatic nitrogens is 1. The van der Waals surface area contributed by atoms with Crippen LogP contribution in [0.1, 0.15) is 60.9 Å². The number of piperidine rings is 1. The molecule has 0 bridgehead atoms. The second-order valence-corrected chi connectivity index (χ2v) is 11.6. The number of benzene rings is 2. The molecule has 1 aromatic heterocycles. The summed E-state index contributed by atoms with van der Waals surface area (Å²) in [5.74, 6) is 1.38. The van der Waals surface area contributed by atoms with Crippen molar-refractivity contribution in [3.63, 3.8) is 0 Å². The minimum absolute atomic E-state index is 0.0245. The van der Waals surface area contributed by atoms with Gasteiger partial charge in [0.05, 0.1) is 12.2 Å². The number of ether oxygens (including phenoxy) is 3. The number of likely N-dealkylation sites (tertiary alicyclic amines) is 1. The lowest BCUT2D eigenvalue weighted by Crippen LogP contribution is -2.49. The van der Waals surface area contributed by atoms with Crippen LogP contribution in [0.5, 0.6) is 11.6 Å². The van der Waals surface area contributed by atoms with Crippen LogP contribution in [0, 0.1) is 12.8 Å². The van der Waals surface area contributed by atoms with Crippen LogP contribution in [-0.4, -0.2) is 52.9 Å². The number of rotatable bonds is 12. The third-order valence-electron chi connectivity index (χ3n) is 8.39. The first kappa shape index (κ1) is 29.1. The summed E-state index contributed by atoms with van der Waals surface area (Å²) in [4.78, 5) is 17.7. The monoisotopic (exact) mass is 558 g/mol. The van der Waals surface area contributed by atoms with Crippen molar-refractivity contribution < 1.29 is 24.1 Å². The molecule has 2 aliphatic rings. The molecular formula is C34H42N2O5. The highest BCUT2D eigenvalue weighted by atomic mass is 16.5. The smallest absolute Gasteiger partial charge is 0.303 e. The summed E-state index contributed by atoms with van der Waals surface area (Å²) in [6.07, 6.45) is 6.15. The summed E-state index contributed by atoms with van der Waals surface area (Å²) >= 11 is 0. The molecule has 2 saturated heterocycles. The minimum Gasteiger partial charge on any atom is -0.489 e. The van der Waals surface area contributed by atoms with Gasteiger partial charge >= 0.3 is 5.97 Å². The van der Waals surface area contributed by atoms with Crippen LogP contribution < -0.4 is 9.47 Å². The lowest BCUT2D eigenvalue weighted by atomic mass is 9.78. The molecule has 2 fully saturated rings. The van der Waals surface area contributed by atoms with Crippen LogP contribution in [0.4, 0.5) is 0 Å². The van der Waals surface area contributed by atoms with Gasteiger partial charge in [0.2, 0.25) is 5.88 Å². The topological polar surface area (TPSA) is 81.1 Å². The van der Waals surface area contributed by atoms with E-state index in [1.165, 1.54) is 5.56 Å². The van der Waals surface area contributed by atoms with Crippen molar-refractivity contribution in [3.8, 4) is 11.6 Å². The molecule has 7 heteroatoms. The summed E-state index contributed by atoms with van der Waals surface area (Å²) in [5, 5.41) is 8.83. The Hall–Kier alpha value is -3.42. The first-order valence-corrected chi connectivity index (χ1v) is 14.9. The maximum absolute atomic E-state index is 10.7. The van der Waals surface area contributed by atoms with Gasteiger partial charge < -0.3 is 19.3 Å². The van der Waals surface area contributed by atoms with Gasteiger partial charge in [-0.1, -0.05) is 42.5 Å². The van der Waals surface area contributed by atoms with E-state index < -0.39 is 5.97 Å². The van der Waals surface area contributed by atoms with E-state index in [0.717, 1.165) is 86.8 Å². The van der Waals surface area contributed by atoms with Crippen molar-refractivity contribution >= 4 is 5.97 Å². The van der Waals surface area contributed by atoms with Crippen molar-refractivity contribution in [2.24, 2.45) is 5.92 Å². The minimum atomic E-state index is -0.778. The molecule has 2 aliphatic heterocycles. The summed E-state index contributed by atoms with van der Waals surface area (Å²) in [6.45, 7) is 7.13. The summed E-state index contributed by atoms with van der Waals surface area (Å²) in [6, 6.07) is 22.3. The van der Waals surface area contributed by atoms with Crippen molar-refractivity contribution in [3.05, 3.63) is 89.1 Å². The van der Waals surface area contributed by atoms with E-state index in [-0.39, 0.29) is 12.0 Å². The molecule has 218 valence electrons. The van der Waals surface area contributed by atoms with Gasteiger partial charge in [-0.2, -0.15) is 0 Å². The lowest BCUT2D eigenvalue weighted by Gasteiger charge is -2.46. The predicted octanol–water partition coefficient (Wildman–Crippen LogP) is 6.22. The van der Waals surface area contributed by atoms with Crippen molar-refractivity contribution in [1.82, 2.24) is 9.88 Å². The van der Waals surface area contributed by atoms with Crippen LogP contribution in [0.2, 0.25) is 0 Å². The van der Waals surface area contributed by atoms with Gasteiger partial charge in [0.15, 0.2) is 0 Å². The Balaban J connectivity index is 1.02. The van der Waals surface area contributed by atoms with Gasteiger partial charge in [0.1, 0.15) is 12.4 Å². The van der Waals surface area contributed by atoms with E-state index in [1.54, 1.807) is 0 Å². The number of carboxylic acids is 1. The Morgan fingerprint density at radius 1 is 1.00 bits per heavy atom. The Morgan fingerprint density at radius 3 is 2.46 bits per heavy atom. The number of hydrogen-bond donors (Lipinski definition) is 1. The number of aliphatic carboxylic acids is 1. The fraction of sp³-hybridized carbons (Fsp3) is 0.471. The number of carboxylic acid groups (broad SMARTS) is 1. The number of aryl methyl sites for hydroxylation is 2. The zero-order valence-electron chi connectivity index (χ0n) is 24.1. The zero-order chi connectivity index (χ0) is 28.5. The maximum Gasteiger partial charge on any atom is 0.303 e. The lowest BCUT2D eigenvalue weighted by molar-refractivity contribution is -0.137. The van der Waals surface area contributed by atoms with Crippen LogP contribution in [0.25, 0.3) is 0 Å². The molecule has 5 rings (SSSR count). The Bertz CT molecular complexity index is 1250. The molecule has 3 aromatic rings. The highest BCUT2D eigenvalue weighted by molar-refractivity contribution is 5.67. The summed E-state index contributed by atoms with van der Waals surface area (Å²) in [7, 11) is 0. The number of pyridine rings is 1. The largest absolute Gasteiger partial charge is 0.489 e. The van der Waals surface area contributed by atoms with Gasteiger partial charge in [0.25, 0.3) is 0 Å². The molecule has 0 saturated carbocycles. The van der Waals surface area contributed by atoms with Crippen LogP contribution >= 0.6 is 0 Å². The molecule has 0 aliphatic carbocycles. The van der Waals surface area contributed by atoms with E-state index >= 15 is 0 Å². The molecule has 41 heavy (non-hydrogen) atoms. The molecule has 0 radical (unpaired) electrons. The normalized spacial score (nSPS) is 18.7. The van der Waals surface area contributed by atoms with Gasteiger partial charge in [-0.15, -0.1) is 0 Å². The van der Waals surface area contributed by atoms with E-state index in [1.807, 2.05) is 49.4 Å². The third-order valence-corrected chi connectivity index (χ3v) is 8.39. The van der Waals surface area contributed by atoms with Crippen molar-refractivity contribution in [2.75, 3.05) is 26.3 Å². The van der Waals surface area contributed by atoms with Crippen molar-refractivity contribution in [2.45, 2.75) is 70.6 Å². The molecule has 1 atom stereocenters. The first-order chi connectivity index (χ1) is 19.9. The van der Waals surface area contributed by atoms with Gasteiger partial charge in [-0.3, -0.25) is 9.69 Å². The molecule has 1 N–H and O–H groups in total. The molecule has 3 heterocycles. The Kier molecular flexibility index (Phi) is 9.91. The molecule has 2 aromatic carbocycles. The van der Waals surface area contributed by atoms with Crippen LogP contribution in [-0.2, 0) is 29.1 Å². The number of hydrogen-bond acceptors (Lipinski definition) is 6. The third kappa shape index (κ3) is 8.78. The molecule has 0 amide bonds. The maximum atomic E-state index is 10.7. The summed E-state index contributed by atoms with van der Waals surface area (Å²) < 4.78 is 18.3. The van der Waals surface area contributed by atoms with Gasteiger partial charge in [-0.05, 0) is 86.3 Å². The number of carbonyl (C=O) groups is 1. The highest BCUT2D eigenvalue weighted by Crippen LogP contribution is 2.39. The van der Waals surface area contributed by atoms with Gasteiger partial charge in [0, 0.05) is 44.4 Å². The molecule has 1 spiro atoms. The SMILES string of the molecule is Cc1cccc(OCCC2CCOC3(CCN(Cc4ccc(COc5ccc(CCC(=O)O)cc5)cc4)CC3)C2)n1. The number of nitrogens with zero attached hydrogens (tertiary/aromatic N) is 2. The Morgan fingerprint density at radius 2 is 1.73 bits per heavy atom. The second-order valence-electron chi connectivity index (χ2n) is 11.6. The predicted molar refractivity (Wildman–Crippen MR) is 158 cm³/mol. The van der Waals surface area contributed by atoms with Crippen LogP contribution in [0.15, 0.2) is 66.7 Å². The summed E-state index contributed by atoms with van der Waals surface area (Å²) in [5.41, 5.74) is 4.46. The van der Waals surface area contributed by atoms with Gasteiger partial charge in [-0.25, -0.2) is 4.98 Å². The van der Waals surface area contributed by atoms with E-state index in [4.69, 9.17) is 19.3 Å². The fourth-order valence-corrected chi connectivity index (χ4v) is 5.94. The highest BCUT2D eigenvalue weighted by Gasteiger charge is 2.40. The molecule has 7 nitrogen and oxygen atoms in total. The Labute approximate surface area is 243 Å². The van der Waals surface area contributed by atoms with Crippen molar-refractivity contribution in [1.29, 1.82) is 0 Å². The van der Waals surface area contributed by atoms with Crippen LogP contribution in [0.3, 0.4) is 0 Å².